The largest absolute Gasteiger partial charge is 0.359 e. The number of nitrogens with one attached hydrogen (secondary N) is 3. The van der Waals surface area contributed by atoms with Crippen LogP contribution in [0.3, 0.4) is 0 Å². The van der Waals surface area contributed by atoms with Gasteiger partial charge in [0.1, 0.15) is 0 Å². The summed E-state index contributed by atoms with van der Waals surface area (Å²) in [4.78, 5) is 29.7. The van der Waals surface area contributed by atoms with Crippen molar-refractivity contribution < 1.29 is 9.59 Å². The molecule has 1 fully saturated rings. The fraction of sp³-hybridized carbons (Fsp3) is 0.812. The number of hydrogen-bond acceptors (Lipinski definition) is 3. The van der Waals surface area contributed by atoms with E-state index in [0.29, 0.717) is 18.9 Å². The van der Waals surface area contributed by atoms with Crippen molar-refractivity contribution in [3.05, 3.63) is 0 Å². The summed E-state index contributed by atoms with van der Waals surface area (Å²) in [6.45, 7) is 9.33. The van der Waals surface area contributed by atoms with Gasteiger partial charge in [-0.15, -0.1) is 0 Å². The molecule has 132 valence electrons. The minimum Gasteiger partial charge on any atom is -0.359 e. The number of carbonyl (C=O) groups is 2. The zero-order valence-corrected chi connectivity index (χ0v) is 14.9. The second kappa shape index (κ2) is 9.37. The predicted octanol–water partition coefficient (Wildman–Crippen LogP) is 0.326. The topological polar surface area (TPSA) is 85.8 Å². The molecule has 0 aromatic carbocycles. The zero-order valence-electron chi connectivity index (χ0n) is 14.9. The molecule has 23 heavy (non-hydrogen) atoms. The molecule has 0 atom stereocenters. The van der Waals surface area contributed by atoms with Gasteiger partial charge in [0, 0.05) is 39.6 Å². The van der Waals surface area contributed by atoms with Crippen LogP contribution >= 0.6 is 0 Å². The molecule has 0 radical (unpaired) electrons. The van der Waals surface area contributed by atoms with Gasteiger partial charge < -0.3 is 20.9 Å². The second-order valence-electron chi connectivity index (χ2n) is 6.42. The summed E-state index contributed by atoms with van der Waals surface area (Å²) in [5.74, 6) is 0.944. The van der Waals surface area contributed by atoms with Crippen LogP contribution in [-0.2, 0) is 9.59 Å². The Bertz CT molecular complexity index is 434. The van der Waals surface area contributed by atoms with Crippen LogP contribution < -0.4 is 16.0 Å². The highest BCUT2D eigenvalue weighted by molar-refractivity contribution is 5.83. The Morgan fingerprint density at radius 3 is 2.65 bits per heavy atom. The van der Waals surface area contributed by atoms with Gasteiger partial charge in [-0.05, 0) is 33.6 Å². The van der Waals surface area contributed by atoms with Crippen molar-refractivity contribution in [1.82, 2.24) is 20.9 Å². The van der Waals surface area contributed by atoms with Crippen LogP contribution in [0.4, 0.5) is 0 Å². The number of likely N-dealkylation sites (tertiary alicyclic amines) is 1. The van der Waals surface area contributed by atoms with E-state index < -0.39 is 5.41 Å². The van der Waals surface area contributed by atoms with Crippen molar-refractivity contribution in [2.24, 2.45) is 10.4 Å². The average molecular weight is 325 g/mol. The molecule has 1 rings (SSSR count). The third-order valence-corrected chi connectivity index (χ3v) is 3.89. The highest BCUT2D eigenvalue weighted by atomic mass is 16.2. The van der Waals surface area contributed by atoms with Crippen LogP contribution in [0, 0.1) is 5.41 Å². The Kier molecular flexibility index (Phi) is 7.85. The normalized spacial score (nSPS) is 15.7. The number of nitrogens with zero attached hydrogens (tertiary/aromatic N) is 2. The van der Waals surface area contributed by atoms with E-state index in [1.807, 2.05) is 25.7 Å². The molecule has 0 spiro atoms. The maximum Gasteiger partial charge on any atom is 0.227 e. The van der Waals surface area contributed by atoms with Crippen molar-refractivity contribution in [3.8, 4) is 0 Å². The van der Waals surface area contributed by atoms with E-state index in [0.717, 1.165) is 39.0 Å². The summed E-state index contributed by atoms with van der Waals surface area (Å²) in [5, 5.41) is 9.10. The summed E-state index contributed by atoms with van der Waals surface area (Å²) in [6, 6.07) is 0. The minimum absolute atomic E-state index is 0.0235. The Hall–Kier alpha value is -1.79. The van der Waals surface area contributed by atoms with Crippen molar-refractivity contribution in [3.63, 3.8) is 0 Å². The van der Waals surface area contributed by atoms with Crippen molar-refractivity contribution in [1.29, 1.82) is 0 Å². The van der Waals surface area contributed by atoms with Crippen LogP contribution in [0.15, 0.2) is 4.99 Å². The van der Waals surface area contributed by atoms with Gasteiger partial charge in [0.25, 0.3) is 0 Å². The first kappa shape index (κ1) is 19.3. The van der Waals surface area contributed by atoms with Crippen molar-refractivity contribution in [2.45, 2.75) is 40.0 Å². The molecular weight excluding hydrogens is 294 g/mol. The number of hydrogen-bond donors (Lipinski definition) is 3. The Balaban J connectivity index is 2.40. The Morgan fingerprint density at radius 2 is 2.09 bits per heavy atom. The van der Waals surface area contributed by atoms with E-state index in [1.54, 1.807) is 7.05 Å². The Morgan fingerprint density at radius 1 is 1.35 bits per heavy atom. The zero-order chi connectivity index (χ0) is 17.3. The van der Waals surface area contributed by atoms with Gasteiger partial charge in [0.05, 0.1) is 12.0 Å². The molecule has 1 aliphatic heterocycles. The molecule has 1 heterocycles. The van der Waals surface area contributed by atoms with Crippen LogP contribution in [0.5, 0.6) is 0 Å². The third-order valence-electron chi connectivity index (χ3n) is 3.89. The quantitative estimate of drug-likeness (QED) is 0.341. The fourth-order valence-corrected chi connectivity index (χ4v) is 2.45. The van der Waals surface area contributed by atoms with Crippen LogP contribution in [0.25, 0.3) is 0 Å². The highest BCUT2D eigenvalue weighted by Gasteiger charge is 2.26. The molecule has 0 bridgehead atoms. The summed E-state index contributed by atoms with van der Waals surface area (Å²) >= 11 is 0. The SMILES string of the molecule is CCNC(=NCC(C)(C)C(=O)NC)NCCCN1CCCC1=O. The van der Waals surface area contributed by atoms with Crippen LogP contribution in [0.2, 0.25) is 0 Å². The first-order valence-corrected chi connectivity index (χ1v) is 8.43. The molecule has 1 saturated heterocycles. The van der Waals surface area contributed by atoms with Crippen molar-refractivity contribution >= 4 is 17.8 Å². The van der Waals surface area contributed by atoms with E-state index in [9.17, 15) is 9.59 Å². The van der Waals surface area contributed by atoms with Crippen LogP contribution in [-0.4, -0.2) is 62.4 Å². The lowest BCUT2D eigenvalue weighted by molar-refractivity contribution is -0.128. The van der Waals surface area contributed by atoms with Crippen LogP contribution in [0.1, 0.15) is 40.0 Å². The summed E-state index contributed by atoms with van der Waals surface area (Å²) in [5.41, 5.74) is -0.543. The Labute approximate surface area is 139 Å². The minimum atomic E-state index is -0.543. The van der Waals surface area contributed by atoms with Gasteiger partial charge in [-0.25, -0.2) is 0 Å². The molecular formula is C16H31N5O2. The number of rotatable bonds is 8. The van der Waals surface area contributed by atoms with E-state index in [2.05, 4.69) is 20.9 Å². The standard InChI is InChI=1S/C16H31N5O2/c1-5-18-15(20-12-16(2,3)14(23)17-4)19-9-7-11-21-10-6-8-13(21)22/h5-12H2,1-4H3,(H,17,23)(H2,18,19,20). The molecule has 7 heteroatoms. The monoisotopic (exact) mass is 325 g/mol. The third kappa shape index (κ3) is 6.46. The van der Waals surface area contributed by atoms with Gasteiger partial charge in [-0.2, -0.15) is 0 Å². The van der Waals surface area contributed by atoms with Gasteiger partial charge in [0.2, 0.25) is 11.8 Å². The van der Waals surface area contributed by atoms with Crippen molar-refractivity contribution in [2.75, 3.05) is 39.8 Å². The summed E-state index contributed by atoms with van der Waals surface area (Å²) in [6.07, 6.45) is 2.55. The number of aliphatic imine (C=N–C) groups is 1. The first-order chi connectivity index (χ1) is 10.9. The number of guanidine groups is 1. The molecule has 0 saturated carbocycles. The average Bonchev–Trinajstić information content (AvgIpc) is 2.93. The van der Waals surface area contributed by atoms with E-state index in [-0.39, 0.29) is 11.8 Å². The maximum atomic E-state index is 11.8. The van der Waals surface area contributed by atoms with Gasteiger partial charge >= 0.3 is 0 Å². The van der Waals surface area contributed by atoms with E-state index in [1.165, 1.54) is 0 Å². The predicted molar refractivity (Wildman–Crippen MR) is 92.3 cm³/mol. The summed E-state index contributed by atoms with van der Waals surface area (Å²) in [7, 11) is 1.64. The first-order valence-electron chi connectivity index (χ1n) is 8.43. The molecule has 3 N–H and O–H groups in total. The fourth-order valence-electron chi connectivity index (χ4n) is 2.45. The lowest BCUT2D eigenvalue weighted by Gasteiger charge is -2.21. The van der Waals surface area contributed by atoms with Gasteiger partial charge in [-0.1, -0.05) is 0 Å². The van der Waals surface area contributed by atoms with E-state index >= 15 is 0 Å². The lowest BCUT2D eigenvalue weighted by atomic mass is 9.93. The van der Waals surface area contributed by atoms with Gasteiger partial charge in [-0.3, -0.25) is 14.6 Å². The molecule has 0 aromatic rings. The van der Waals surface area contributed by atoms with Gasteiger partial charge in [0.15, 0.2) is 5.96 Å². The summed E-state index contributed by atoms with van der Waals surface area (Å²) < 4.78 is 0. The molecule has 1 aliphatic rings. The number of amides is 2. The lowest BCUT2D eigenvalue weighted by Crippen LogP contribution is -2.41. The molecule has 7 nitrogen and oxygen atoms in total. The molecule has 0 unspecified atom stereocenters. The highest BCUT2D eigenvalue weighted by Crippen LogP contribution is 2.15. The second-order valence-corrected chi connectivity index (χ2v) is 6.42. The molecule has 0 aliphatic carbocycles. The maximum absolute atomic E-state index is 11.8. The van der Waals surface area contributed by atoms with E-state index in [4.69, 9.17) is 0 Å². The number of carbonyl (C=O) groups excluding carboxylic acids is 2. The smallest absolute Gasteiger partial charge is 0.227 e. The molecule has 2 amide bonds. The molecule has 0 aromatic heterocycles.